The van der Waals surface area contributed by atoms with Gasteiger partial charge in [-0.05, 0) is 17.7 Å². The standard InChI is InChI=1S/C29H31NO11/c1-17(31)38-16-23-25(39-18(2)32)26(40-19(3)33)24(30-27(34)21-11-7-8-12-22(21)28(30)35)29(41-23)37-14-13-36-15-20-9-5-4-6-10-20/h4-12,23-26,29H,13-16H2,1-3H3/t23-,24-,25-,26-,29-/m1/s1. The Bertz CT molecular complexity index is 1250. The molecule has 2 aromatic carbocycles. The van der Waals surface area contributed by atoms with E-state index in [0.29, 0.717) is 6.61 Å². The van der Waals surface area contributed by atoms with Gasteiger partial charge in [0.25, 0.3) is 11.8 Å². The lowest BCUT2D eigenvalue weighted by atomic mass is 9.94. The Kier molecular flexibility index (Phi) is 9.82. The molecule has 0 N–H and O–H groups in total. The minimum atomic E-state index is -1.41. The van der Waals surface area contributed by atoms with E-state index in [-0.39, 0.29) is 30.9 Å². The molecule has 12 heteroatoms. The number of imide groups is 1. The fourth-order valence-corrected chi connectivity index (χ4v) is 4.76. The van der Waals surface area contributed by atoms with Gasteiger partial charge in [-0.25, -0.2) is 0 Å². The molecule has 0 spiro atoms. The Hall–Kier alpha value is -4.13. The van der Waals surface area contributed by atoms with E-state index in [1.807, 2.05) is 30.3 Å². The number of carbonyl (C=O) groups excluding carboxylic acids is 5. The summed E-state index contributed by atoms with van der Waals surface area (Å²) in [6.07, 6.45) is -5.29. The van der Waals surface area contributed by atoms with Gasteiger partial charge in [-0.1, -0.05) is 42.5 Å². The fourth-order valence-electron chi connectivity index (χ4n) is 4.76. The Morgan fingerprint density at radius 2 is 1.37 bits per heavy atom. The molecule has 2 amide bonds. The number of nitrogens with zero attached hydrogens (tertiary/aromatic N) is 1. The summed E-state index contributed by atoms with van der Waals surface area (Å²) < 4.78 is 33.9. The summed E-state index contributed by atoms with van der Waals surface area (Å²) in [6.45, 7) is 3.46. The van der Waals surface area contributed by atoms with Crippen LogP contribution in [0.4, 0.5) is 0 Å². The molecule has 0 aliphatic carbocycles. The number of esters is 3. The van der Waals surface area contributed by atoms with Gasteiger partial charge in [0.15, 0.2) is 18.5 Å². The second kappa shape index (κ2) is 13.5. The van der Waals surface area contributed by atoms with Gasteiger partial charge in [-0.3, -0.25) is 28.9 Å². The van der Waals surface area contributed by atoms with Crippen LogP contribution >= 0.6 is 0 Å². The second-order valence-electron chi connectivity index (χ2n) is 9.42. The zero-order valence-electron chi connectivity index (χ0n) is 22.8. The summed E-state index contributed by atoms with van der Waals surface area (Å²) in [5.74, 6) is -3.48. The first kappa shape index (κ1) is 29.8. The van der Waals surface area contributed by atoms with E-state index >= 15 is 0 Å². The van der Waals surface area contributed by atoms with E-state index in [1.165, 1.54) is 19.1 Å². The van der Waals surface area contributed by atoms with E-state index in [4.69, 9.17) is 28.4 Å². The molecular weight excluding hydrogens is 538 g/mol. The molecule has 0 unspecified atom stereocenters. The molecule has 0 radical (unpaired) electrons. The Balaban J connectivity index is 1.64. The van der Waals surface area contributed by atoms with Crippen LogP contribution in [0.25, 0.3) is 0 Å². The van der Waals surface area contributed by atoms with Crippen molar-refractivity contribution < 1.29 is 52.4 Å². The van der Waals surface area contributed by atoms with Crippen molar-refractivity contribution in [3.8, 4) is 0 Å². The minimum absolute atomic E-state index is 0.0392. The molecule has 2 heterocycles. The SMILES string of the molecule is CC(=O)OC[C@H]1O[C@@H](OCCOCc2ccccc2)[C@H](N2C(=O)c3ccccc3C2=O)[C@@H](OC(C)=O)[C@@H]1OC(C)=O. The lowest BCUT2D eigenvalue weighted by Gasteiger charge is -2.47. The average Bonchev–Trinajstić information content (AvgIpc) is 3.18. The summed E-state index contributed by atoms with van der Waals surface area (Å²) in [7, 11) is 0. The highest BCUT2D eigenvalue weighted by molar-refractivity contribution is 6.21. The Morgan fingerprint density at radius 1 is 0.780 bits per heavy atom. The first-order valence-corrected chi connectivity index (χ1v) is 13.0. The maximum atomic E-state index is 13.5. The number of hydrogen-bond acceptors (Lipinski definition) is 11. The quantitative estimate of drug-likeness (QED) is 0.170. The van der Waals surface area contributed by atoms with E-state index in [0.717, 1.165) is 24.3 Å². The summed E-state index contributed by atoms with van der Waals surface area (Å²) >= 11 is 0. The molecule has 0 saturated carbocycles. The van der Waals surface area contributed by atoms with Crippen LogP contribution in [0.5, 0.6) is 0 Å². The molecule has 0 aromatic heterocycles. The molecule has 218 valence electrons. The molecule has 0 bridgehead atoms. The van der Waals surface area contributed by atoms with Crippen LogP contribution < -0.4 is 0 Å². The maximum absolute atomic E-state index is 13.5. The zero-order valence-corrected chi connectivity index (χ0v) is 22.8. The zero-order chi connectivity index (χ0) is 29.5. The molecule has 2 aliphatic heterocycles. The van der Waals surface area contributed by atoms with E-state index < -0.39 is 60.4 Å². The number of ether oxygens (including phenoxy) is 6. The van der Waals surface area contributed by atoms with Gasteiger partial charge in [0.05, 0.1) is 30.9 Å². The third kappa shape index (κ3) is 7.15. The predicted octanol–water partition coefficient (Wildman–Crippen LogP) is 2.04. The maximum Gasteiger partial charge on any atom is 0.303 e. The molecule has 4 rings (SSSR count). The van der Waals surface area contributed by atoms with Crippen molar-refractivity contribution in [2.45, 2.75) is 58.0 Å². The third-order valence-electron chi connectivity index (χ3n) is 6.41. The van der Waals surface area contributed by atoms with Crippen molar-refractivity contribution in [1.29, 1.82) is 0 Å². The summed E-state index contributed by atoms with van der Waals surface area (Å²) in [4.78, 5) is 63.8. The smallest absolute Gasteiger partial charge is 0.303 e. The lowest BCUT2D eigenvalue weighted by molar-refractivity contribution is -0.287. The molecule has 2 aliphatic rings. The third-order valence-corrected chi connectivity index (χ3v) is 6.41. The lowest BCUT2D eigenvalue weighted by Crippen LogP contribution is -2.67. The van der Waals surface area contributed by atoms with Crippen LogP contribution in [0.3, 0.4) is 0 Å². The van der Waals surface area contributed by atoms with Crippen molar-refractivity contribution in [1.82, 2.24) is 4.90 Å². The monoisotopic (exact) mass is 569 g/mol. The van der Waals surface area contributed by atoms with Gasteiger partial charge < -0.3 is 28.4 Å². The van der Waals surface area contributed by atoms with Crippen molar-refractivity contribution >= 4 is 29.7 Å². The van der Waals surface area contributed by atoms with E-state index in [9.17, 15) is 24.0 Å². The molecular formula is C29H31NO11. The van der Waals surface area contributed by atoms with Gasteiger partial charge in [0.2, 0.25) is 0 Å². The number of carbonyl (C=O) groups is 5. The highest BCUT2D eigenvalue weighted by Crippen LogP contribution is 2.35. The van der Waals surface area contributed by atoms with E-state index in [2.05, 4.69) is 0 Å². The highest BCUT2D eigenvalue weighted by Gasteiger charge is 2.57. The molecule has 1 saturated heterocycles. The van der Waals surface area contributed by atoms with Crippen molar-refractivity contribution in [2.24, 2.45) is 0 Å². The number of hydrogen-bond donors (Lipinski definition) is 0. The van der Waals surface area contributed by atoms with Crippen LogP contribution in [-0.4, -0.2) is 85.1 Å². The Labute approximate surface area is 236 Å². The number of amides is 2. The van der Waals surface area contributed by atoms with Gasteiger partial charge in [-0.15, -0.1) is 0 Å². The molecule has 41 heavy (non-hydrogen) atoms. The average molecular weight is 570 g/mol. The Morgan fingerprint density at radius 3 is 1.95 bits per heavy atom. The number of fused-ring (bicyclic) bond motifs is 1. The molecule has 12 nitrogen and oxygen atoms in total. The van der Waals surface area contributed by atoms with Crippen molar-refractivity contribution in [3.63, 3.8) is 0 Å². The summed E-state index contributed by atoms with van der Waals surface area (Å²) in [5, 5.41) is 0. The molecule has 5 atom stereocenters. The number of benzene rings is 2. The summed E-state index contributed by atoms with van der Waals surface area (Å²) in [5.41, 5.74) is 1.25. The normalized spacial score (nSPS) is 23.6. The van der Waals surface area contributed by atoms with Crippen LogP contribution in [0.2, 0.25) is 0 Å². The van der Waals surface area contributed by atoms with Gasteiger partial charge >= 0.3 is 17.9 Å². The van der Waals surface area contributed by atoms with Crippen LogP contribution in [0, 0.1) is 0 Å². The van der Waals surface area contributed by atoms with Crippen LogP contribution in [0.1, 0.15) is 47.1 Å². The van der Waals surface area contributed by atoms with Gasteiger partial charge in [0, 0.05) is 20.8 Å². The van der Waals surface area contributed by atoms with Crippen LogP contribution in [-0.2, 0) is 49.4 Å². The van der Waals surface area contributed by atoms with Gasteiger partial charge in [-0.2, -0.15) is 0 Å². The largest absolute Gasteiger partial charge is 0.463 e. The van der Waals surface area contributed by atoms with E-state index in [1.54, 1.807) is 12.1 Å². The predicted molar refractivity (Wildman–Crippen MR) is 139 cm³/mol. The first-order chi connectivity index (χ1) is 19.7. The minimum Gasteiger partial charge on any atom is -0.463 e. The topological polar surface area (TPSA) is 144 Å². The van der Waals surface area contributed by atoms with Crippen LogP contribution in [0.15, 0.2) is 54.6 Å². The van der Waals surface area contributed by atoms with Gasteiger partial charge in [0.1, 0.15) is 18.8 Å². The first-order valence-electron chi connectivity index (χ1n) is 13.0. The van der Waals surface area contributed by atoms with Crippen molar-refractivity contribution in [2.75, 3.05) is 19.8 Å². The molecule has 1 fully saturated rings. The second-order valence-corrected chi connectivity index (χ2v) is 9.42. The molecule has 2 aromatic rings. The number of rotatable bonds is 11. The fraction of sp³-hybridized carbons (Fsp3) is 0.414. The van der Waals surface area contributed by atoms with Crippen molar-refractivity contribution in [3.05, 3.63) is 71.3 Å². The summed E-state index contributed by atoms with van der Waals surface area (Å²) in [6, 6.07) is 14.3. The highest BCUT2D eigenvalue weighted by atomic mass is 16.7.